The largest absolute Gasteiger partial charge is 0.485 e. The first kappa shape index (κ1) is 75.9. The van der Waals surface area contributed by atoms with Gasteiger partial charge in [0, 0.05) is 151 Å². The molecule has 5 aromatic heterocycles. The number of hydrazine groups is 1. The van der Waals surface area contributed by atoms with E-state index in [4.69, 9.17) is 39.6 Å². The standard InChI is InChI=1S/C55H78FN9O8.C25H26N8O/c1-13-64-44-19-18-37-30-40(44)41(48(64)39-16-14-24-57-46(39)36(4)71-12)32-53(5,6)34-73-51(69)42-17-15-25-65(59-42)50(68)43(31-38-33-63(37)28-29-72-38)58-49(67)47(35(2)3)61(11)52(70)55(56)22-26-62(27-23-55)45(66)20-21-54(7,8)60(9)10;26-22-16-5-1-2-8-19(16)34-25(22)9-13-32(14-10-25)20-15-28-21-23(29-20)30-31-24(21)33-12-4-6-17-18(33)7-3-11-27-17/h14,16,18-19,24,30,35-36,38,42-43,47,59H,13,15,17,22-23,25-29,31-34H2,1-12H3,(H,58,67);1-3,5,7-8,11,15,22H,4,6,9-10,12-14,26H2,(H,29,30,31). The first-order chi connectivity index (χ1) is 51.2. The molecule has 2 aromatic carbocycles. The van der Waals surface area contributed by atoms with Crippen LogP contribution in [0.4, 0.5) is 27.4 Å². The number of para-hydroxylation sites is 1. The Morgan fingerprint density at radius 3 is 2.40 bits per heavy atom. The number of nitrogens with two attached hydrogens (primary N) is 1. The van der Waals surface area contributed by atoms with Crippen LogP contribution >= 0.6 is 0 Å². The van der Waals surface area contributed by atoms with E-state index < -0.39 is 76.4 Å². The van der Waals surface area contributed by atoms with E-state index in [2.05, 4.69) is 114 Å². The van der Waals surface area contributed by atoms with Crippen LogP contribution in [0.25, 0.3) is 33.3 Å². The Morgan fingerprint density at radius 1 is 0.907 bits per heavy atom. The number of pyridine rings is 2. The maximum Gasteiger partial charge on any atom is 0.324 e. The number of nitrogens with zero attached hydrogens (tertiary/aromatic N) is 13. The van der Waals surface area contributed by atoms with Crippen molar-refractivity contribution in [3.63, 3.8) is 0 Å². The van der Waals surface area contributed by atoms with Gasteiger partial charge in [0.1, 0.15) is 35.3 Å². The third-order valence-corrected chi connectivity index (χ3v) is 22.9. The van der Waals surface area contributed by atoms with E-state index in [9.17, 15) is 24.0 Å². The van der Waals surface area contributed by atoms with Gasteiger partial charge in [-0.25, -0.2) is 19.8 Å². The summed E-state index contributed by atoms with van der Waals surface area (Å²) in [6.45, 7) is 20.5. The average molecular weight is 1470 g/mol. The molecule has 5 N–H and O–H groups in total. The van der Waals surface area contributed by atoms with Gasteiger partial charge in [-0.3, -0.25) is 48.9 Å². The molecule has 1 spiro atoms. The number of alkyl halides is 1. The molecule has 12 heterocycles. The minimum absolute atomic E-state index is 0.0172. The van der Waals surface area contributed by atoms with E-state index in [1.54, 1.807) is 27.2 Å². The highest BCUT2D eigenvalue weighted by Gasteiger charge is 2.50. The minimum Gasteiger partial charge on any atom is -0.485 e. The molecule has 0 radical (unpaired) electrons. The Kier molecular flexibility index (Phi) is 22.1. The lowest BCUT2D eigenvalue weighted by Crippen LogP contribution is -2.63. The number of fused-ring (bicyclic) bond motifs is 9. The molecule has 107 heavy (non-hydrogen) atoms. The van der Waals surface area contributed by atoms with Gasteiger partial charge in [-0.05, 0) is 140 Å². The van der Waals surface area contributed by atoms with Gasteiger partial charge in [0.05, 0.1) is 66.0 Å². The van der Waals surface area contributed by atoms with E-state index in [0.717, 1.165) is 129 Å². The predicted octanol–water partition coefficient (Wildman–Crippen LogP) is 8.55. The molecule has 0 saturated carbocycles. The summed E-state index contributed by atoms with van der Waals surface area (Å²) in [5, 5.41) is 13.1. The average Bonchev–Trinajstić information content (AvgIpc) is 1.76. The van der Waals surface area contributed by atoms with Crippen molar-refractivity contribution in [2.75, 3.05) is 109 Å². The van der Waals surface area contributed by atoms with Crippen molar-refractivity contribution in [2.24, 2.45) is 17.1 Å². The van der Waals surface area contributed by atoms with Crippen molar-refractivity contribution in [2.45, 2.75) is 179 Å². The van der Waals surface area contributed by atoms with Crippen LogP contribution in [0.5, 0.6) is 5.75 Å². The van der Waals surface area contributed by atoms with Gasteiger partial charge >= 0.3 is 5.97 Å². The number of rotatable bonds is 12. The number of carbonyl (C=O) groups excluding carboxylic acids is 5. The number of benzene rings is 2. The van der Waals surface area contributed by atoms with Crippen molar-refractivity contribution in [1.29, 1.82) is 0 Å². The summed E-state index contributed by atoms with van der Waals surface area (Å²) in [6.07, 6.45) is 9.46. The van der Waals surface area contributed by atoms with Crippen LogP contribution < -0.4 is 35.9 Å². The van der Waals surface area contributed by atoms with Gasteiger partial charge in [-0.15, -0.1) is 0 Å². The number of hydrogen-bond donors (Lipinski definition) is 4. The lowest BCUT2D eigenvalue weighted by atomic mass is 9.83. The number of hydrogen-bond acceptors (Lipinski definition) is 20. The maximum atomic E-state index is 16.8. The molecule has 570 valence electrons. The number of carbonyl (C=O) groups is 5. The Bertz CT molecular complexity index is 4510. The van der Waals surface area contributed by atoms with Crippen molar-refractivity contribution in [3.05, 3.63) is 108 Å². The Balaban J connectivity index is 0.000000244. The number of likely N-dealkylation sites (tertiary alicyclic amines) is 1. The number of esters is 1. The second kappa shape index (κ2) is 31.1. The lowest BCUT2D eigenvalue weighted by molar-refractivity contribution is -0.156. The van der Waals surface area contributed by atoms with E-state index in [1.165, 1.54) is 17.0 Å². The number of methoxy groups -OCH3 is 1. The number of H-pyrrole nitrogens is 1. The fourth-order valence-electron chi connectivity index (χ4n) is 16.2. The second-order valence-electron chi connectivity index (χ2n) is 31.5. The summed E-state index contributed by atoms with van der Waals surface area (Å²) in [4.78, 5) is 101. The SMILES string of the molecule is CCn1c(-c2cccnc2C(C)OC)c2c3cc(ccc31)N1CCOC(CC(NC(=O)C(C(C)C)N(C)C(=O)C3(F)CCN(C(=O)C#CC(C)(C)N(C)C)CC3)C(=O)N3CCCC(N3)C(=O)OCC(C)(C)C2)C1.NC1c2ccccc2OC12CCN(c1cnc3c(N4CCCc5ncccc54)n[nH]c3n1)CC2. The molecule has 26 nitrogen and oxygen atoms in total. The van der Waals surface area contributed by atoms with Gasteiger partial charge in [-0.2, -0.15) is 5.10 Å². The first-order valence-electron chi connectivity index (χ1n) is 37.9. The fraction of sp³-hybridized carbons (Fsp3) is 0.550. The number of likely N-dealkylation sites (N-methyl/N-ethyl adjacent to an activating group) is 1. The number of aromatic nitrogens is 7. The number of ether oxygens (including phenoxy) is 4. The van der Waals surface area contributed by atoms with Gasteiger partial charge in [0.15, 0.2) is 22.7 Å². The maximum absolute atomic E-state index is 16.8. The second-order valence-corrected chi connectivity index (χ2v) is 31.5. The molecule has 14 rings (SSSR count). The summed E-state index contributed by atoms with van der Waals surface area (Å²) < 4.78 is 43.8. The summed E-state index contributed by atoms with van der Waals surface area (Å²) in [6, 6.07) is 19.5. The van der Waals surface area contributed by atoms with E-state index >= 15 is 4.39 Å². The predicted molar refractivity (Wildman–Crippen MR) is 407 cm³/mol. The third-order valence-electron chi connectivity index (χ3n) is 22.9. The molecule has 7 aromatic rings. The van der Waals surface area contributed by atoms with Crippen molar-refractivity contribution in [3.8, 4) is 28.8 Å². The summed E-state index contributed by atoms with van der Waals surface area (Å²) in [5.41, 5.74) is 16.7. The van der Waals surface area contributed by atoms with E-state index in [1.807, 2.05) is 82.5 Å². The minimum atomic E-state index is -2.34. The quantitative estimate of drug-likeness (QED) is 0.0658. The topological polar surface area (TPSA) is 280 Å². The third kappa shape index (κ3) is 15.5. The Labute approximate surface area is 625 Å². The zero-order valence-corrected chi connectivity index (χ0v) is 63.9. The normalized spacial score (nSPS) is 22.0. The summed E-state index contributed by atoms with van der Waals surface area (Å²) >= 11 is 0. The van der Waals surface area contributed by atoms with E-state index in [-0.39, 0.29) is 63.3 Å². The van der Waals surface area contributed by atoms with Gasteiger partial charge in [-0.1, -0.05) is 51.8 Å². The molecule has 7 aliphatic rings. The van der Waals surface area contributed by atoms with Gasteiger partial charge < -0.3 is 59.1 Å². The van der Waals surface area contributed by atoms with Crippen LogP contribution in [-0.2, 0) is 57.6 Å². The molecule has 6 atom stereocenters. The molecule has 27 heteroatoms. The van der Waals surface area contributed by atoms with Crippen LogP contribution in [-0.4, -0.2) is 219 Å². The monoisotopic (exact) mass is 1470 g/mol. The number of nitrogens with one attached hydrogen (secondary N) is 3. The van der Waals surface area contributed by atoms with Gasteiger partial charge in [0.2, 0.25) is 5.91 Å². The molecule has 6 unspecified atom stereocenters. The molecule has 4 amide bonds. The van der Waals surface area contributed by atoms with Gasteiger partial charge in [0.25, 0.3) is 17.7 Å². The summed E-state index contributed by atoms with van der Waals surface area (Å²) in [5.74, 6) is 4.85. The molecule has 7 aliphatic heterocycles. The number of morpholine rings is 1. The first-order valence-corrected chi connectivity index (χ1v) is 37.9. The molecule has 4 saturated heterocycles. The highest BCUT2D eigenvalue weighted by molar-refractivity contribution is 5.97. The molecular weight excluding hydrogens is 1360 g/mol. The Hall–Kier alpha value is -9.33. The number of anilines is 4. The Morgan fingerprint density at radius 2 is 1.66 bits per heavy atom. The number of halogens is 1. The number of aryl methyl sites for hydroxylation is 2. The van der Waals surface area contributed by atoms with E-state index in [0.29, 0.717) is 51.2 Å². The van der Waals surface area contributed by atoms with Crippen LogP contribution in [0.15, 0.2) is 85.3 Å². The van der Waals surface area contributed by atoms with Crippen LogP contribution in [0.2, 0.25) is 0 Å². The van der Waals surface area contributed by atoms with Crippen molar-refractivity contribution < 1.29 is 47.3 Å². The number of amides is 4. The highest BCUT2D eigenvalue weighted by atomic mass is 19.1. The molecule has 0 aliphatic carbocycles. The number of aromatic amines is 1. The number of cyclic esters (lactones) is 1. The molecular formula is C80H104FN17O9. The molecule has 4 fully saturated rings. The highest BCUT2D eigenvalue weighted by Crippen LogP contribution is 2.48. The summed E-state index contributed by atoms with van der Waals surface area (Å²) in [7, 11) is 6.82. The van der Waals surface area contributed by atoms with Crippen molar-refractivity contribution in [1.82, 2.24) is 65.2 Å². The van der Waals surface area contributed by atoms with Crippen LogP contribution in [0.3, 0.4) is 0 Å². The fourth-order valence-corrected chi connectivity index (χ4v) is 16.2. The molecule has 6 bridgehead atoms. The number of piperidine rings is 2. The zero-order valence-electron chi connectivity index (χ0n) is 63.9. The smallest absolute Gasteiger partial charge is 0.324 e. The van der Waals surface area contributed by atoms with Crippen molar-refractivity contribution >= 4 is 74.7 Å². The van der Waals surface area contributed by atoms with Crippen LogP contribution in [0.1, 0.15) is 141 Å². The zero-order chi connectivity index (χ0) is 75.9. The van der Waals surface area contributed by atoms with Crippen LogP contribution in [0, 0.1) is 23.2 Å². The lowest BCUT2D eigenvalue weighted by Gasteiger charge is -2.41.